The number of furan rings is 1. The third kappa shape index (κ3) is 3.30. The number of para-hydroxylation sites is 1. The van der Waals surface area contributed by atoms with Gasteiger partial charge in [0.05, 0.1) is 13.4 Å². The summed E-state index contributed by atoms with van der Waals surface area (Å²) in [6.45, 7) is 2.22. The average molecular weight is 285 g/mol. The number of hydrogen-bond acceptors (Lipinski definition) is 3. The van der Waals surface area contributed by atoms with Crippen molar-refractivity contribution in [2.45, 2.75) is 44.2 Å². The smallest absolute Gasteiger partial charge is 0.122 e. The Morgan fingerprint density at radius 2 is 2.05 bits per heavy atom. The Morgan fingerprint density at radius 3 is 2.76 bits per heavy atom. The highest BCUT2D eigenvalue weighted by Crippen LogP contribution is 2.41. The molecule has 1 heterocycles. The van der Waals surface area contributed by atoms with Gasteiger partial charge in [0, 0.05) is 18.5 Å². The van der Waals surface area contributed by atoms with Crippen LogP contribution in [0.15, 0.2) is 47.1 Å². The van der Waals surface area contributed by atoms with E-state index in [4.69, 9.17) is 9.15 Å². The summed E-state index contributed by atoms with van der Waals surface area (Å²) in [6, 6.07) is 13.4. The molecule has 1 atom stereocenters. The summed E-state index contributed by atoms with van der Waals surface area (Å²) < 4.78 is 10.9. The summed E-state index contributed by atoms with van der Waals surface area (Å²) in [5.74, 6) is 2.69. The van der Waals surface area contributed by atoms with Gasteiger partial charge < -0.3 is 14.5 Å². The molecule has 112 valence electrons. The van der Waals surface area contributed by atoms with Gasteiger partial charge in [-0.2, -0.15) is 0 Å². The highest BCUT2D eigenvalue weighted by Gasteiger charge is 2.32. The van der Waals surface area contributed by atoms with Crippen molar-refractivity contribution in [2.75, 3.05) is 7.11 Å². The van der Waals surface area contributed by atoms with Crippen LogP contribution in [0.25, 0.3) is 0 Å². The van der Waals surface area contributed by atoms with Crippen molar-refractivity contribution in [3.63, 3.8) is 0 Å². The lowest BCUT2D eigenvalue weighted by Gasteiger charge is -2.38. The fourth-order valence-corrected chi connectivity index (χ4v) is 3.20. The average Bonchev–Trinajstić information content (AvgIpc) is 2.95. The van der Waals surface area contributed by atoms with Gasteiger partial charge in [-0.15, -0.1) is 0 Å². The van der Waals surface area contributed by atoms with Crippen molar-refractivity contribution in [1.29, 1.82) is 0 Å². The van der Waals surface area contributed by atoms with E-state index >= 15 is 0 Å². The highest BCUT2D eigenvalue weighted by molar-refractivity contribution is 5.37. The van der Waals surface area contributed by atoms with Crippen LogP contribution >= 0.6 is 0 Å². The van der Waals surface area contributed by atoms with Gasteiger partial charge in [0.25, 0.3) is 0 Å². The maximum absolute atomic E-state index is 5.46. The Balaban J connectivity index is 1.49. The van der Waals surface area contributed by atoms with Gasteiger partial charge in [0.2, 0.25) is 0 Å². The van der Waals surface area contributed by atoms with E-state index in [2.05, 4.69) is 30.4 Å². The third-order valence-electron chi connectivity index (χ3n) is 4.32. The Kier molecular flexibility index (Phi) is 4.30. The van der Waals surface area contributed by atoms with E-state index in [1.165, 1.54) is 18.4 Å². The van der Waals surface area contributed by atoms with Gasteiger partial charge >= 0.3 is 0 Å². The summed E-state index contributed by atoms with van der Waals surface area (Å²) in [5.41, 5.74) is 1.34. The summed E-state index contributed by atoms with van der Waals surface area (Å²) >= 11 is 0. The van der Waals surface area contributed by atoms with Gasteiger partial charge in [0.15, 0.2) is 0 Å². The van der Waals surface area contributed by atoms with Gasteiger partial charge in [-0.1, -0.05) is 18.2 Å². The largest absolute Gasteiger partial charge is 0.496 e. The summed E-state index contributed by atoms with van der Waals surface area (Å²) in [5, 5.41) is 3.69. The first-order chi connectivity index (χ1) is 10.3. The number of nitrogens with one attached hydrogen (secondary N) is 1. The molecule has 0 radical (unpaired) electrons. The zero-order chi connectivity index (χ0) is 14.7. The molecule has 1 fully saturated rings. The van der Waals surface area contributed by atoms with E-state index in [0.29, 0.717) is 18.0 Å². The van der Waals surface area contributed by atoms with Crippen molar-refractivity contribution >= 4 is 0 Å². The molecular weight excluding hydrogens is 262 g/mol. The van der Waals surface area contributed by atoms with Crippen LogP contribution in [0.2, 0.25) is 0 Å². The molecule has 3 nitrogen and oxygen atoms in total. The fraction of sp³-hybridized carbons (Fsp3) is 0.444. The summed E-state index contributed by atoms with van der Waals surface area (Å²) in [7, 11) is 1.75. The summed E-state index contributed by atoms with van der Waals surface area (Å²) in [4.78, 5) is 0. The highest BCUT2D eigenvalue weighted by atomic mass is 16.5. The second-order valence-corrected chi connectivity index (χ2v) is 5.96. The first kappa shape index (κ1) is 14.2. The first-order valence-electron chi connectivity index (χ1n) is 7.67. The molecule has 1 aromatic carbocycles. The van der Waals surface area contributed by atoms with Crippen LogP contribution < -0.4 is 10.1 Å². The fourth-order valence-electron chi connectivity index (χ4n) is 3.20. The molecule has 0 amide bonds. The molecule has 0 spiro atoms. The van der Waals surface area contributed by atoms with Crippen molar-refractivity contribution in [2.24, 2.45) is 0 Å². The van der Waals surface area contributed by atoms with Crippen LogP contribution in [-0.4, -0.2) is 19.2 Å². The number of rotatable bonds is 6. The minimum absolute atomic E-state index is 0.444. The molecule has 1 aliphatic rings. The molecule has 21 heavy (non-hydrogen) atoms. The number of methoxy groups -OCH3 is 1. The van der Waals surface area contributed by atoms with Crippen LogP contribution in [0.5, 0.6) is 5.75 Å². The van der Waals surface area contributed by atoms with Gasteiger partial charge in [-0.3, -0.25) is 0 Å². The Hall–Kier alpha value is -1.74. The van der Waals surface area contributed by atoms with Crippen LogP contribution in [0.4, 0.5) is 0 Å². The molecule has 2 aromatic rings. The molecule has 0 saturated heterocycles. The van der Waals surface area contributed by atoms with Gasteiger partial charge in [-0.05, 0) is 49.4 Å². The van der Waals surface area contributed by atoms with Crippen LogP contribution in [-0.2, 0) is 6.42 Å². The Labute approximate surface area is 126 Å². The third-order valence-corrected chi connectivity index (χ3v) is 4.32. The molecule has 1 aromatic heterocycles. The minimum atomic E-state index is 0.444. The van der Waals surface area contributed by atoms with E-state index in [9.17, 15) is 0 Å². The standard InChI is InChI=1S/C18H23NO2/c1-13(10-16-6-5-9-21-16)19-15-11-14(12-15)17-7-3-4-8-18(17)20-2/h3-9,13-15,19H,10-12H2,1-2H3. The summed E-state index contributed by atoms with van der Waals surface area (Å²) in [6.07, 6.45) is 5.05. The molecule has 1 unspecified atom stereocenters. The quantitative estimate of drug-likeness (QED) is 0.877. The lowest BCUT2D eigenvalue weighted by Crippen LogP contribution is -2.45. The van der Waals surface area contributed by atoms with E-state index in [-0.39, 0.29) is 0 Å². The molecule has 1 N–H and O–H groups in total. The van der Waals surface area contributed by atoms with Crippen molar-refractivity contribution in [3.8, 4) is 5.75 Å². The predicted octanol–water partition coefficient (Wildman–Crippen LogP) is 3.76. The number of benzene rings is 1. The monoisotopic (exact) mass is 285 g/mol. The zero-order valence-electron chi connectivity index (χ0n) is 12.7. The van der Waals surface area contributed by atoms with Crippen molar-refractivity contribution in [3.05, 3.63) is 54.0 Å². The maximum atomic E-state index is 5.46. The number of hydrogen-bond donors (Lipinski definition) is 1. The topological polar surface area (TPSA) is 34.4 Å². The minimum Gasteiger partial charge on any atom is -0.496 e. The van der Waals surface area contributed by atoms with E-state index < -0.39 is 0 Å². The van der Waals surface area contributed by atoms with Crippen LogP contribution in [0.3, 0.4) is 0 Å². The molecule has 3 rings (SSSR count). The van der Waals surface area contributed by atoms with Crippen molar-refractivity contribution in [1.82, 2.24) is 5.32 Å². The second-order valence-electron chi connectivity index (χ2n) is 5.96. The number of ether oxygens (including phenoxy) is 1. The lowest BCUT2D eigenvalue weighted by atomic mass is 9.75. The molecule has 0 bridgehead atoms. The van der Waals surface area contributed by atoms with Gasteiger partial charge in [0.1, 0.15) is 11.5 Å². The second kappa shape index (κ2) is 6.35. The lowest BCUT2D eigenvalue weighted by molar-refractivity contribution is 0.260. The van der Waals surface area contributed by atoms with Crippen LogP contribution in [0, 0.1) is 0 Å². The Morgan fingerprint density at radius 1 is 1.24 bits per heavy atom. The molecular formula is C18H23NO2. The first-order valence-corrected chi connectivity index (χ1v) is 7.67. The predicted molar refractivity (Wildman–Crippen MR) is 83.8 cm³/mol. The Bertz CT molecular complexity index is 558. The molecule has 3 heteroatoms. The van der Waals surface area contributed by atoms with E-state index in [0.717, 1.165) is 17.9 Å². The van der Waals surface area contributed by atoms with Gasteiger partial charge in [-0.25, -0.2) is 0 Å². The van der Waals surface area contributed by atoms with Crippen LogP contribution in [0.1, 0.15) is 37.0 Å². The van der Waals surface area contributed by atoms with E-state index in [1.807, 2.05) is 18.2 Å². The SMILES string of the molecule is COc1ccccc1C1CC(NC(C)Cc2ccco2)C1. The van der Waals surface area contributed by atoms with Crippen molar-refractivity contribution < 1.29 is 9.15 Å². The van der Waals surface area contributed by atoms with E-state index in [1.54, 1.807) is 13.4 Å². The molecule has 1 saturated carbocycles. The zero-order valence-corrected chi connectivity index (χ0v) is 12.7. The molecule has 0 aliphatic heterocycles. The normalized spacial score (nSPS) is 22.6. The molecule has 1 aliphatic carbocycles. The maximum Gasteiger partial charge on any atom is 0.122 e.